The summed E-state index contributed by atoms with van der Waals surface area (Å²) in [6, 6.07) is 4.42. The molecule has 6 nitrogen and oxygen atoms in total. The third kappa shape index (κ3) is 1.88. The lowest BCUT2D eigenvalue weighted by molar-refractivity contribution is -0.124. The Labute approximate surface area is 136 Å². The lowest BCUT2D eigenvalue weighted by atomic mass is 9.85. The molecule has 0 saturated carbocycles. The molecule has 4 rings (SSSR count). The van der Waals surface area contributed by atoms with Gasteiger partial charge in [0.05, 0.1) is 47.4 Å². The number of methoxy groups -OCH3 is 1. The van der Waals surface area contributed by atoms with Gasteiger partial charge in [0.25, 0.3) is 0 Å². The molecule has 2 saturated heterocycles. The number of ether oxygens (including phenoxy) is 2. The van der Waals surface area contributed by atoms with Crippen LogP contribution >= 0.6 is 11.6 Å². The zero-order valence-corrected chi connectivity index (χ0v) is 12.8. The first kappa shape index (κ1) is 14.4. The van der Waals surface area contributed by atoms with Crippen molar-refractivity contribution >= 4 is 35.1 Å². The molecule has 2 bridgehead atoms. The standard InChI is InChI=1S/C16H12ClNO5/c1-22-16(21)8-6-7(2-3-9(8)17)18-14(19)12-10-4-5-11(23-10)13(12)15(18)20/h2-6,10-13H,1H3/t10-,11-,12-,13+/m1/s1. The molecule has 23 heavy (non-hydrogen) atoms. The topological polar surface area (TPSA) is 72.9 Å². The molecule has 0 aliphatic carbocycles. The van der Waals surface area contributed by atoms with E-state index in [0.717, 1.165) is 4.90 Å². The van der Waals surface area contributed by atoms with E-state index in [1.165, 1.54) is 19.2 Å². The van der Waals surface area contributed by atoms with E-state index in [-0.39, 0.29) is 34.6 Å². The number of hydrogen-bond acceptors (Lipinski definition) is 5. The molecule has 3 aliphatic heterocycles. The van der Waals surface area contributed by atoms with E-state index >= 15 is 0 Å². The number of carbonyl (C=O) groups is 3. The Morgan fingerprint density at radius 3 is 2.35 bits per heavy atom. The van der Waals surface area contributed by atoms with E-state index in [9.17, 15) is 14.4 Å². The van der Waals surface area contributed by atoms with Crippen LogP contribution in [0, 0.1) is 11.8 Å². The number of halogens is 1. The van der Waals surface area contributed by atoms with Gasteiger partial charge in [-0.15, -0.1) is 0 Å². The van der Waals surface area contributed by atoms with Crippen molar-refractivity contribution in [1.82, 2.24) is 0 Å². The predicted molar refractivity (Wildman–Crippen MR) is 80.1 cm³/mol. The Balaban J connectivity index is 1.73. The number of esters is 1. The summed E-state index contributed by atoms with van der Waals surface area (Å²) < 4.78 is 10.3. The fourth-order valence-corrected chi connectivity index (χ4v) is 3.67. The Hall–Kier alpha value is -2.18. The summed E-state index contributed by atoms with van der Waals surface area (Å²) in [7, 11) is 1.24. The molecule has 0 N–H and O–H groups in total. The largest absolute Gasteiger partial charge is 0.465 e. The van der Waals surface area contributed by atoms with Crippen molar-refractivity contribution in [3.8, 4) is 0 Å². The van der Waals surface area contributed by atoms with Crippen LogP contribution in [0.25, 0.3) is 0 Å². The highest BCUT2D eigenvalue weighted by Gasteiger charge is 2.61. The Kier molecular flexibility index (Phi) is 3.08. The fourth-order valence-electron chi connectivity index (χ4n) is 3.48. The smallest absolute Gasteiger partial charge is 0.339 e. The zero-order chi connectivity index (χ0) is 16.3. The molecule has 7 heteroatoms. The van der Waals surface area contributed by atoms with Crippen LogP contribution in [0.3, 0.4) is 0 Å². The average Bonchev–Trinajstić information content (AvgIpc) is 3.22. The summed E-state index contributed by atoms with van der Waals surface area (Å²) in [4.78, 5) is 38.2. The van der Waals surface area contributed by atoms with E-state index in [0.29, 0.717) is 5.69 Å². The number of benzene rings is 1. The van der Waals surface area contributed by atoms with Crippen LogP contribution in [-0.4, -0.2) is 37.1 Å². The molecule has 0 spiro atoms. The Morgan fingerprint density at radius 2 is 1.78 bits per heavy atom. The van der Waals surface area contributed by atoms with Gasteiger partial charge in [0.1, 0.15) is 0 Å². The lowest BCUT2D eigenvalue weighted by Gasteiger charge is -2.18. The molecule has 1 aromatic rings. The maximum atomic E-state index is 12.7. The average molecular weight is 334 g/mol. The summed E-state index contributed by atoms with van der Waals surface area (Å²) in [5.41, 5.74) is 0.431. The predicted octanol–water partition coefficient (Wildman–Crippen LogP) is 1.57. The molecule has 2 amide bonds. The normalized spacial score (nSPS) is 31.0. The highest BCUT2D eigenvalue weighted by atomic mass is 35.5. The maximum Gasteiger partial charge on any atom is 0.339 e. The minimum atomic E-state index is -0.624. The van der Waals surface area contributed by atoms with Gasteiger partial charge in [0, 0.05) is 0 Å². The fraction of sp³-hybridized carbons (Fsp3) is 0.312. The number of hydrogen-bond donors (Lipinski definition) is 0. The number of imide groups is 1. The lowest BCUT2D eigenvalue weighted by Crippen LogP contribution is -2.34. The van der Waals surface area contributed by atoms with Gasteiger partial charge < -0.3 is 9.47 Å². The summed E-state index contributed by atoms with van der Waals surface area (Å²) in [6.07, 6.45) is 2.95. The molecule has 3 heterocycles. The molecule has 2 fully saturated rings. The zero-order valence-electron chi connectivity index (χ0n) is 12.1. The second kappa shape index (κ2) is 4.91. The molecule has 4 atom stereocenters. The number of amides is 2. The van der Waals surface area contributed by atoms with Gasteiger partial charge in [-0.2, -0.15) is 0 Å². The van der Waals surface area contributed by atoms with Gasteiger partial charge in [0.2, 0.25) is 11.8 Å². The van der Waals surface area contributed by atoms with Crippen molar-refractivity contribution < 1.29 is 23.9 Å². The van der Waals surface area contributed by atoms with Gasteiger partial charge in [-0.05, 0) is 18.2 Å². The first-order valence-electron chi connectivity index (χ1n) is 7.12. The summed E-state index contributed by atoms with van der Waals surface area (Å²) in [6.45, 7) is 0. The van der Waals surface area contributed by atoms with Crippen LogP contribution in [0.5, 0.6) is 0 Å². The molecule has 0 aromatic heterocycles. The quantitative estimate of drug-likeness (QED) is 0.466. The van der Waals surface area contributed by atoms with Gasteiger partial charge >= 0.3 is 5.97 Å². The number of fused-ring (bicyclic) bond motifs is 5. The molecular formula is C16H12ClNO5. The van der Waals surface area contributed by atoms with Crippen LogP contribution < -0.4 is 4.90 Å². The SMILES string of the molecule is COC(=O)c1cc(N2C(=O)[C@@H]3[C@H](C2=O)[C@H]2C=C[C@H]3O2)ccc1Cl. The number of nitrogens with zero attached hydrogens (tertiary/aromatic N) is 1. The third-order valence-corrected chi connectivity index (χ3v) is 4.85. The number of carbonyl (C=O) groups excluding carboxylic acids is 3. The molecule has 118 valence electrons. The second-order valence-electron chi connectivity index (χ2n) is 5.67. The van der Waals surface area contributed by atoms with Crippen molar-refractivity contribution in [2.24, 2.45) is 11.8 Å². The Morgan fingerprint density at radius 1 is 1.17 bits per heavy atom. The molecule has 1 aromatic carbocycles. The molecule has 0 radical (unpaired) electrons. The highest BCUT2D eigenvalue weighted by molar-refractivity contribution is 6.34. The molecule has 0 unspecified atom stereocenters. The van der Waals surface area contributed by atoms with Crippen LogP contribution in [0.4, 0.5) is 5.69 Å². The van der Waals surface area contributed by atoms with Gasteiger partial charge in [-0.3, -0.25) is 9.59 Å². The van der Waals surface area contributed by atoms with Gasteiger partial charge in [-0.25, -0.2) is 9.69 Å². The first-order chi connectivity index (χ1) is 11.0. The van der Waals surface area contributed by atoms with Crippen molar-refractivity contribution in [3.63, 3.8) is 0 Å². The Bertz CT molecular complexity index is 744. The van der Waals surface area contributed by atoms with Crippen molar-refractivity contribution in [2.45, 2.75) is 12.2 Å². The van der Waals surface area contributed by atoms with E-state index in [1.54, 1.807) is 6.07 Å². The highest BCUT2D eigenvalue weighted by Crippen LogP contribution is 2.46. The van der Waals surface area contributed by atoms with Crippen molar-refractivity contribution in [2.75, 3.05) is 12.0 Å². The molecule has 3 aliphatic rings. The van der Waals surface area contributed by atoms with Crippen LogP contribution in [-0.2, 0) is 19.1 Å². The second-order valence-corrected chi connectivity index (χ2v) is 6.08. The number of rotatable bonds is 2. The van der Waals surface area contributed by atoms with E-state index in [2.05, 4.69) is 4.74 Å². The monoisotopic (exact) mass is 333 g/mol. The van der Waals surface area contributed by atoms with Crippen LogP contribution in [0.1, 0.15) is 10.4 Å². The van der Waals surface area contributed by atoms with Crippen molar-refractivity contribution in [1.29, 1.82) is 0 Å². The summed E-state index contributed by atoms with van der Waals surface area (Å²) in [5.74, 6) is -2.23. The molecular weight excluding hydrogens is 322 g/mol. The van der Waals surface area contributed by atoms with E-state index < -0.39 is 17.8 Å². The van der Waals surface area contributed by atoms with Crippen molar-refractivity contribution in [3.05, 3.63) is 40.9 Å². The van der Waals surface area contributed by atoms with Gasteiger partial charge in [-0.1, -0.05) is 23.8 Å². The van der Waals surface area contributed by atoms with Gasteiger partial charge in [0.15, 0.2) is 0 Å². The minimum Gasteiger partial charge on any atom is -0.465 e. The van der Waals surface area contributed by atoms with E-state index in [1.807, 2.05) is 12.2 Å². The summed E-state index contributed by atoms with van der Waals surface area (Å²) in [5, 5.41) is 0.199. The minimum absolute atomic E-state index is 0.113. The van der Waals surface area contributed by atoms with Crippen LogP contribution in [0.2, 0.25) is 5.02 Å². The summed E-state index contributed by atoms with van der Waals surface area (Å²) >= 11 is 5.98. The first-order valence-corrected chi connectivity index (χ1v) is 7.50. The van der Waals surface area contributed by atoms with Crippen LogP contribution in [0.15, 0.2) is 30.4 Å². The third-order valence-electron chi connectivity index (χ3n) is 4.52. The number of anilines is 1. The maximum absolute atomic E-state index is 12.7. The van der Waals surface area contributed by atoms with E-state index in [4.69, 9.17) is 16.3 Å².